The van der Waals surface area contributed by atoms with Crippen molar-refractivity contribution in [3.8, 4) is 0 Å². The van der Waals surface area contributed by atoms with Gasteiger partial charge in [0.25, 0.3) is 0 Å². The third-order valence-corrected chi connectivity index (χ3v) is 4.77. The van der Waals surface area contributed by atoms with Crippen molar-refractivity contribution >= 4 is 30.6 Å². The van der Waals surface area contributed by atoms with Crippen molar-refractivity contribution in [1.29, 1.82) is 0 Å². The predicted molar refractivity (Wildman–Crippen MR) is 108 cm³/mol. The second-order valence-corrected chi connectivity index (χ2v) is 6.33. The maximum Gasteiger partial charge on any atom is 0.176 e. The van der Waals surface area contributed by atoms with Crippen LogP contribution in [-0.2, 0) is 0 Å². The number of hydrogen-bond acceptors (Lipinski definition) is 3. The zero-order chi connectivity index (χ0) is 16.9. The zero-order valence-electron chi connectivity index (χ0n) is 14.8. The Morgan fingerprint density at radius 1 is 0.962 bits per heavy atom. The van der Waals surface area contributed by atoms with Crippen LogP contribution in [0.3, 0.4) is 0 Å². The molecule has 0 spiro atoms. The van der Waals surface area contributed by atoms with Crippen LogP contribution in [0.25, 0.3) is 0 Å². The number of benzene rings is 2. The van der Waals surface area contributed by atoms with Crippen LogP contribution in [0.2, 0.25) is 0 Å². The molecule has 0 saturated carbocycles. The van der Waals surface area contributed by atoms with Crippen molar-refractivity contribution in [2.24, 2.45) is 0 Å². The minimum Gasteiger partial charge on any atom is -0.294 e. The molecule has 1 fully saturated rings. The van der Waals surface area contributed by atoms with Gasteiger partial charge in [0, 0.05) is 37.8 Å². The van der Waals surface area contributed by atoms with Crippen LogP contribution >= 0.6 is 24.8 Å². The van der Waals surface area contributed by atoms with Crippen LogP contribution < -0.4 is 0 Å². The normalized spacial score (nSPS) is 16.2. The highest BCUT2D eigenvalue weighted by Gasteiger charge is 2.23. The molecule has 1 saturated heterocycles. The molecule has 0 aliphatic carbocycles. The lowest BCUT2D eigenvalue weighted by Crippen LogP contribution is -2.48. The molecule has 0 aromatic heterocycles. The standard InChI is InChI=1S/C20H23FN2O.2ClH/c1-16(17-7-9-19(21)10-8-17)23-13-11-22(12-14-23)15-20(24)18-5-3-2-4-6-18;;/h2-10,16H,11-15H2,1H3;2*1H. The second kappa shape index (κ2) is 10.6. The molecule has 142 valence electrons. The summed E-state index contributed by atoms with van der Waals surface area (Å²) in [6, 6.07) is 16.5. The van der Waals surface area contributed by atoms with Gasteiger partial charge in [-0.05, 0) is 24.6 Å². The first-order valence-corrected chi connectivity index (χ1v) is 8.43. The van der Waals surface area contributed by atoms with Crippen LogP contribution in [0.5, 0.6) is 0 Å². The van der Waals surface area contributed by atoms with E-state index in [2.05, 4.69) is 16.7 Å². The van der Waals surface area contributed by atoms with E-state index in [0.29, 0.717) is 6.54 Å². The van der Waals surface area contributed by atoms with Crippen molar-refractivity contribution in [1.82, 2.24) is 9.80 Å². The van der Waals surface area contributed by atoms with Gasteiger partial charge < -0.3 is 0 Å². The Kier molecular flexibility index (Phi) is 9.23. The molecule has 1 aliphatic rings. The molecule has 3 nitrogen and oxygen atoms in total. The number of Topliss-reactive ketones (excluding diaryl/α,β-unsaturated/α-hetero) is 1. The number of ketones is 1. The highest BCUT2D eigenvalue weighted by molar-refractivity contribution is 5.97. The lowest BCUT2D eigenvalue weighted by molar-refractivity contribution is 0.0788. The summed E-state index contributed by atoms with van der Waals surface area (Å²) < 4.78 is 13.1. The quantitative estimate of drug-likeness (QED) is 0.703. The van der Waals surface area contributed by atoms with Gasteiger partial charge in [-0.25, -0.2) is 4.39 Å². The zero-order valence-corrected chi connectivity index (χ0v) is 16.4. The number of rotatable bonds is 5. The van der Waals surface area contributed by atoms with Gasteiger partial charge in [0.1, 0.15) is 5.82 Å². The molecule has 2 aromatic carbocycles. The van der Waals surface area contributed by atoms with E-state index in [4.69, 9.17) is 0 Å². The molecule has 1 heterocycles. The van der Waals surface area contributed by atoms with Gasteiger partial charge in [-0.3, -0.25) is 14.6 Å². The van der Waals surface area contributed by atoms with E-state index >= 15 is 0 Å². The van der Waals surface area contributed by atoms with Crippen molar-refractivity contribution in [2.45, 2.75) is 13.0 Å². The molecule has 0 N–H and O–H groups in total. The number of piperazine rings is 1. The first-order chi connectivity index (χ1) is 11.6. The van der Waals surface area contributed by atoms with E-state index in [9.17, 15) is 9.18 Å². The Morgan fingerprint density at radius 3 is 2.12 bits per heavy atom. The molecule has 1 atom stereocenters. The van der Waals surface area contributed by atoms with Crippen LogP contribution in [0.4, 0.5) is 4.39 Å². The molecule has 26 heavy (non-hydrogen) atoms. The molecule has 0 amide bonds. The maximum absolute atomic E-state index is 13.1. The number of hydrogen-bond donors (Lipinski definition) is 0. The predicted octanol–water partition coefficient (Wildman–Crippen LogP) is 4.23. The number of halogens is 3. The highest BCUT2D eigenvalue weighted by Crippen LogP contribution is 2.21. The summed E-state index contributed by atoms with van der Waals surface area (Å²) in [6.45, 7) is 6.22. The Morgan fingerprint density at radius 2 is 1.54 bits per heavy atom. The lowest BCUT2D eigenvalue weighted by Gasteiger charge is -2.38. The molecule has 2 aromatic rings. The summed E-state index contributed by atoms with van der Waals surface area (Å²) in [5.41, 5.74) is 1.91. The molecule has 1 unspecified atom stereocenters. The lowest BCUT2D eigenvalue weighted by atomic mass is 10.1. The average Bonchev–Trinajstić information content (AvgIpc) is 2.63. The largest absolute Gasteiger partial charge is 0.294 e. The van der Waals surface area contributed by atoms with E-state index in [1.165, 1.54) is 12.1 Å². The van der Waals surface area contributed by atoms with Gasteiger partial charge in [0.05, 0.1) is 6.54 Å². The van der Waals surface area contributed by atoms with Crippen LogP contribution in [0.15, 0.2) is 54.6 Å². The van der Waals surface area contributed by atoms with E-state index < -0.39 is 0 Å². The van der Waals surface area contributed by atoms with Gasteiger partial charge in [-0.15, -0.1) is 24.8 Å². The van der Waals surface area contributed by atoms with Crippen molar-refractivity contribution in [3.05, 3.63) is 71.5 Å². The monoisotopic (exact) mass is 398 g/mol. The molecule has 0 radical (unpaired) electrons. The molecule has 6 heteroatoms. The third kappa shape index (κ3) is 5.78. The SMILES string of the molecule is CC(c1ccc(F)cc1)N1CCN(CC(=O)c2ccccc2)CC1.Cl.Cl. The summed E-state index contributed by atoms with van der Waals surface area (Å²) in [5, 5.41) is 0. The molecular weight excluding hydrogens is 374 g/mol. The summed E-state index contributed by atoms with van der Waals surface area (Å²) in [5.74, 6) is -0.0224. The van der Waals surface area contributed by atoms with E-state index in [1.807, 2.05) is 42.5 Å². The summed E-state index contributed by atoms with van der Waals surface area (Å²) in [4.78, 5) is 16.9. The number of carbonyl (C=O) groups excluding carboxylic acids is 1. The highest BCUT2D eigenvalue weighted by atomic mass is 35.5. The summed E-state index contributed by atoms with van der Waals surface area (Å²) in [7, 11) is 0. The van der Waals surface area contributed by atoms with Crippen LogP contribution in [0.1, 0.15) is 28.9 Å². The molecule has 3 rings (SSSR count). The van der Waals surface area contributed by atoms with Crippen molar-refractivity contribution < 1.29 is 9.18 Å². The molecule has 0 bridgehead atoms. The maximum atomic E-state index is 13.1. The van der Waals surface area contributed by atoms with Gasteiger partial charge in [-0.1, -0.05) is 42.5 Å². The Hall–Kier alpha value is -1.46. The van der Waals surface area contributed by atoms with Crippen LogP contribution in [0, 0.1) is 5.82 Å². The number of nitrogens with zero attached hydrogens (tertiary/aromatic N) is 2. The smallest absolute Gasteiger partial charge is 0.176 e. The van der Waals surface area contributed by atoms with Crippen molar-refractivity contribution in [2.75, 3.05) is 32.7 Å². The fraction of sp³-hybridized carbons (Fsp3) is 0.350. The Bertz CT molecular complexity index is 674. The molecule has 1 aliphatic heterocycles. The minimum atomic E-state index is -0.199. The Labute approximate surface area is 167 Å². The minimum absolute atomic E-state index is 0. The summed E-state index contributed by atoms with van der Waals surface area (Å²) in [6.07, 6.45) is 0. The van der Waals surface area contributed by atoms with E-state index in [-0.39, 0.29) is 42.5 Å². The fourth-order valence-electron chi connectivity index (χ4n) is 3.18. The van der Waals surface area contributed by atoms with E-state index in [1.54, 1.807) is 0 Å². The summed E-state index contributed by atoms with van der Waals surface area (Å²) >= 11 is 0. The van der Waals surface area contributed by atoms with Gasteiger partial charge in [-0.2, -0.15) is 0 Å². The first-order valence-electron chi connectivity index (χ1n) is 8.43. The van der Waals surface area contributed by atoms with Crippen molar-refractivity contribution in [3.63, 3.8) is 0 Å². The first kappa shape index (κ1) is 22.6. The third-order valence-electron chi connectivity index (χ3n) is 4.77. The van der Waals surface area contributed by atoms with Gasteiger partial charge in [0.15, 0.2) is 5.78 Å². The molecular formula is C20H25Cl2FN2O. The number of carbonyl (C=O) groups is 1. The Balaban J connectivity index is 0.00000169. The van der Waals surface area contributed by atoms with Gasteiger partial charge >= 0.3 is 0 Å². The topological polar surface area (TPSA) is 23.6 Å². The second-order valence-electron chi connectivity index (χ2n) is 6.33. The van der Waals surface area contributed by atoms with Gasteiger partial charge in [0.2, 0.25) is 0 Å². The van der Waals surface area contributed by atoms with Crippen LogP contribution in [-0.4, -0.2) is 48.3 Å². The van der Waals surface area contributed by atoms with E-state index in [0.717, 1.165) is 37.3 Å². The fourth-order valence-corrected chi connectivity index (χ4v) is 3.18. The average molecular weight is 399 g/mol.